The molecule has 1 unspecified atom stereocenters. The number of H-pyrrole nitrogens is 1. The number of carbonyl (C=O) groups is 1. The van der Waals surface area contributed by atoms with Gasteiger partial charge in [0.1, 0.15) is 11.5 Å². The van der Waals surface area contributed by atoms with E-state index in [1.165, 1.54) is 5.56 Å². The second-order valence-corrected chi connectivity index (χ2v) is 8.09. The van der Waals surface area contributed by atoms with Crippen LogP contribution in [0.2, 0.25) is 0 Å². The molecule has 1 N–H and O–H groups in total. The largest absolute Gasteiger partial charge is 0.354 e. The van der Waals surface area contributed by atoms with Gasteiger partial charge < -0.3 is 9.88 Å². The molecular weight excluding hydrogens is 360 g/mol. The summed E-state index contributed by atoms with van der Waals surface area (Å²) in [6, 6.07) is 12.5. The number of hydrogen-bond donors (Lipinski definition) is 1. The molecule has 4 rings (SSSR count). The summed E-state index contributed by atoms with van der Waals surface area (Å²) in [5.74, 6) is 1.12. The molecule has 5 nitrogen and oxygen atoms in total. The number of nitrogens with one attached hydrogen (secondary N) is 1. The van der Waals surface area contributed by atoms with E-state index >= 15 is 0 Å². The van der Waals surface area contributed by atoms with Crippen molar-refractivity contribution in [1.29, 1.82) is 0 Å². The van der Waals surface area contributed by atoms with Crippen LogP contribution in [0, 0.1) is 20.8 Å². The highest BCUT2D eigenvalue weighted by atomic mass is 16.2. The molecule has 1 atom stereocenters. The molecular formula is C24H28N4O. The SMILES string of the molecule is Cc1ncc(Cc2ccccc2)c(C2CCCN(C(=O)c3[nH]c(C)cc3C)C2)n1. The number of aromatic nitrogens is 3. The minimum atomic E-state index is 0.0932. The summed E-state index contributed by atoms with van der Waals surface area (Å²) in [6.07, 6.45) is 4.81. The van der Waals surface area contributed by atoms with Crippen molar-refractivity contribution < 1.29 is 4.79 Å². The Morgan fingerprint density at radius 1 is 1.21 bits per heavy atom. The number of amides is 1. The van der Waals surface area contributed by atoms with Crippen molar-refractivity contribution in [3.63, 3.8) is 0 Å². The molecule has 29 heavy (non-hydrogen) atoms. The maximum Gasteiger partial charge on any atom is 0.270 e. The summed E-state index contributed by atoms with van der Waals surface area (Å²) in [4.78, 5) is 27.6. The van der Waals surface area contributed by atoms with E-state index in [2.05, 4.69) is 34.2 Å². The molecule has 0 radical (unpaired) electrons. The fourth-order valence-electron chi connectivity index (χ4n) is 4.31. The first-order valence-corrected chi connectivity index (χ1v) is 10.3. The molecule has 2 aromatic heterocycles. The van der Waals surface area contributed by atoms with Crippen LogP contribution >= 0.6 is 0 Å². The molecule has 150 valence electrons. The highest BCUT2D eigenvalue weighted by Gasteiger charge is 2.29. The quantitative estimate of drug-likeness (QED) is 0.723. The van der Waals surface area contributed by atoms with Crippen molar-refractivity contribution in [2.24, 2.45) is 0 Å². The van der Waals surface area contributed by atoms with Gasteiger partial charge in [0.05, 0.1) is 5.69 Å². The van der Waals surface area contributed by atoms with Crippen LogP contribution in [0.3, 0.4) is 0 Å². The molecule has 1 aromatic carbocycles. The van der Waals surface area contributed by atoms with E-state index in [4.69, 9.17) is 4.98 Å². The van der Waals surface area contributed by atoms with E-state index in [0.717, 1.165) is 54.1 Å². The Hall–Kier alpha value is -2.95. The van der Waals surface area contributed by atoms with Gasteiger partial charge in [-0.3, -0.25) is 4.79 Å². The van der Waals surface area contributed by atoms with Gasteiger partial charge in [-0.2, -0.15) is 0 Å². The first kappa shape index (κ1) is 19.4. The van der Waals surface area contributed by atoms with Crippen LogP contribution in [0.1, 0.15) is 63.2 Å². The highest BCUT2D eigenvalue weighted by Crippen LogP contribution is 2.30. The Bertz CT molecular complexity index is 1010. The molecule has 1 saturated heterocycles. The third-order valence-corrected chi connectivity index (χ3v) is 5.71. The summed E-state index contributed by atoms with van der Waals surface area (Å²) >= 11 is 0. The van der Waals surface area contributed by atoms with Gasteiger partial charge >= 0.3 is 0 Å². The lowest BCUT2D eigenvalue weighted by atomic mass is 9.90. The molecule has 0 aliphatic carbocycles. The van der Waals surface area contributed by atoms with Gasteiger partial charge in [0.25, 0.3) is 5.91 Å². The summed E-state index contributed by atoms with van der Waals surface area (Å²) in [6.45, 7) is 7.42. The smallest absolute Gasteiger partial charge is 0.270 e. The second kappa shape index (κ2) is 8.19. The fourth-order valence-corrected chi connectivity index (χ4v) is 4.31. The van der Waals surface area contributed by atoms with Crippen molar-refractivity contribution >= 4 is 5.91 Å². The maximum absolute atomic E-state index is 13.1. The van der Waals surface area contributed by atoms with E-state index in [1.54, 1.807) is 0 Å². The number of carbonyl (C=O) groups excluding carboxylic acids is 1. The van der Waals surface area contributed by atoms with Crippen LogP contribution in [0.15, 0.2) is 42.6 Å². The van der Waals surface area contributed by atoms with Crippen LogP contribution in [-0.4, -0.2) is 38.8 Å². The lowest BCUT2D eigenvalue weighted by Gasteiger charge is -2.33. The van der Waals surface area contributed by atoms with Gasteiger partial charge in [-0.05, 0) is 56.4 Å². The van der Waals surface area contributed by atoms with Crippen molar-refractivity contribution in [3.8, 4) is 0 Å². The third-order valence-electron chi connectivity index (χ3n) is 5.71. The standard InChI is InChI=1S/C24H28N4O/c1-16-12-17(2)26-22(16)24(29)28-11-7-10-20(15-28)23-21(14-25-18(3)27-23)13-19-8-5-4-6-9-19/h4-6,8-9,12,14,20,26H,7,10-11,13,15H2,1-3H3. The minimum Gasteiger partial charge on any atom is -0.354 e. The van der Waals surface area contributed by atoms with Crippen LogP contribution in [0.25, 0.3) is 0 Å². The van der Waals surface area contributed by atoms with Gasteiger partial charge in [-0.1, -0.05) is 30.3 Å². The first-order valence-electron chi connectivity index (χ1n) is 10.3. The van der Waals surface area contributed by atoms with Gasteiger partial charge in [0.15, 0.2) is 0 Å². The molecule has 1 aliphatic rings. The first-order chi connectivity index (χ1) is 14.0. The van der Waals surface area contributed by atoms with E-state index in [1.807, 2.05) is 44.0 Å². The minimum absolute atomic E-state index is 0.0932. The zero-order valence-corrected chi connectivity index (χ0v) is 17.4. The summed E-state index contributed by atoms with van der Waals surface area (Å²) in [7, 11) is 0. The maximum atomic E-state index is 13.1. The number of aryl methyl sites for hydroxylation is 3. The number of piperidine rings is 1. The second-order valence-electron chi connectivity index (χ2n) is 8.09. The Morgan fingerprint density at radius 3 is 2.72 bits per heavy atom. The molecule has 3 aromatic rings. The summed E-state index contributed by atoms with van der Waals surface area (Å²) in [5.41, 5.74) is 6.26. The van der Waals surface area contributed by atoms with Crippen molar-refractivity contribution in [2.45, 2.75) is 46.0 Å². The van der Waals surface area contributed by atoms with E-state index in [9.17, 15) is 4.79 Å². The number of aromatic amines is 1. The molecule has 0 saturated carbocycles. The van der Waals surface area contributed by atoms with Crippen molar-refractivity contribution in [3.05, 3.63) is 82.2 Å². The summed E-state index contributed by atoms with van der Waals surface area (Å²) in [5, 5.41) is 0. The monoisotopic (exact) mass is 388 g/mol. The summed E-state index contributed by atoms with van der Waals surface area (Å²) < 4.78 is 0. The number of nitrogens with zero attached hydrogens (tertiary/aromatic N) is 3. The molecule has 1 aliphatic heterocycles. The van der Waals surface area contributed by atoms with Gasteiger partial charge in [-0.25, -0.2) is 9.97 Å². The van der Waals surface area contributed by atoms with Crippen LogP contribution in [-0.2, 0) is 6.42 Å². The van der Waals surface area contributed by atoms with Gasteiger partial charge in [0.2, 0.25) is 0 Å². The molecule has 0 spiro atoms. The number of rotatable bonds is 4. The zero-order valence-electron chi connectivity index (χ0n) is 17.4. The zero-order chi connectivity index (χ0) is 20.4. The van der Waals surface area contributed by atoms with E-state index in [-0.39, 0.29) is 11.8 Å². The van der Waals surface area contributed by atoms with Crippen molar-refractivity contribution in [2.75, 3.05) is 13.1 Å². The lowest BCUT2D eigenvalue weighted by molar-refractivity contribution is 0.0699. The Kier molecular flexibility index (Phi) is 5.47. The van der Waals surface area contributed by atoms with Gasteiger partial charge in [0, 0.05) is 37.3 Å². The molecule has 3 heterocycles. The van der Waals surface area contributed by atoms with Crippen LogP contribution < -0.4 is 0 Å². The van der Waals surface area contributed by atoms with Crippen molar-refractivity contribution in [1.82, 2.24) is 19.9 Å². The van der Waals surface area contributed by atoms with E-state index in [0.29, 0.717) is 12.2 Å². The average molecular weight is 389 g/mol. The number of hydrogen-bond acceptors (Lipinski definition) is 3. The molecule has 1 amide bonds. The van der Waals surface area contributed by atoms with Crippen LogP contribution in [0.4, 0.5) is 0 Å². The normalized spacial score (nSPS) is 16.8. The average Bonchev–Trinajstić information content (AvgIpc) is 3.07. The Labute approximate surface area is 172 Å². The lowest BCUT2D eigenvalue weighted by Crippen LogP contribution is -2.40. The molecule has 1 fully saturated rings. The number of benzene rings is 1. The Balaban J connectivity index is 1.59. The predicted octanol–water partition coefficient (Wildman–Crippen LogP) is 4.34. The third kappa shape index (κ3) is 4.24. The highest BCUT2D eigenvalue weighted by molar-refractivity contribution is 5.94. The fraction of sp³-hybridized carbons (Fsp3) is 0.375. The predicted molar refractivity (Wildman–Crippen MR) is 114 cm³/mol. The Morgan fingerprint density at radius 2 is 2.00 bits per heavy atom. The molecule has 0 bridgehead atoms. The molecule has 5 heteroatoms. The van der Waals surface area contributed by atoms with Crippen LogP contribution in [0.5, 0.6) is 0 Å². The van der Waals surface area contributed by atoms with E-state index < -0.39 is 0 Å². The number of likely N-dealkylation sites (tertiary alicyclic amines) is 1. The topological polar surface area (TPSA) is 61.9 Å². The van der Waals surface area contributed by atoms with Gasteiger partial charge in [-0.15, -0.1) is 0 Å².